The fourth-order valence-corrected chi connectivity index (χ4v) is 1.96. The van der Waals surface area contributed by atoms with Gasteiger partial charge in [-0.25, -0.2) is 0 Å². The molecule has 0 saturated heterocycles. The molecule has 0 saturated carbocycles. The molecule has 0 aliphatic heterocycles. The van der Waals surface area contributed by atoms with Crippen LogP contribution in [0, 0.1) is 27.2 Å². The molecule has 0 spiro atoms. The first-order chi connectivity index (χ1) is 8.84. The number of nitrogens with zero attached hydrogens (tertiary/aromatic N) is 3. The van der Waals surface area contributed by atoms with Crippen LogP contribution in [0.4, 0.5) is 22.7 Å². The highest BCUT2D eigenvalue weighted by Gasteiger charge is 2.32. The van der Waals surface area contributed by atoms with Crippen LogP contribution in [-0.2, 0) is 0 Å². The van der Waals surface area contributed by atoms with E-state index in [-0.39, 0.29) is 17.1 Å². The molecule has 0 heterocycles. The molecule has 0 unspecified atom stereocenters. The maximum Gasteiger partial charge on any atom is 0.322 e. The van der Waals surface area contributed by atoms with Crippen molar-refractivity contribution < 1.29 is 9.85 Å². The number of nitro groups is 2. The van der Waals surface area contributed by atoms with Crippen LogP contribution >= 0.6 is 0 Å². The molecule has 0 radical (unpaired) electrons. The predicted molar refractivity (Wildman–Crippen MR) is 72.5 cm³/mol. The lowest BCUT2D eigenvalue weighted by molar-refractivity contribution is -0.392. The predicted octanol–water partition coefficient (Wildman–Crippen LogP) is 2.24. The van der Waals surface area contributed by atoms with Crippen LogP contribution in [-0.4, -0.2) is 22.9 Å². The third-order valence-corrected chi connectivity index (χ3v) is 2.96. The summed E-state index contributed by atoms with van der Waals surface area (Å²) < 4.78 is 0. The summed E-state index contributed by atoms with van der Waals surface area (Å²) in [4.78, 5) is 22.6. The number of aryl methyl sites for hydroxylation is 1. The molecule has 104 valence electrons. The van der Waals surface area contributed by atoms with Gasteiger partial charge < -0.3 is 10.6 Å². The smallest absolute Gasteiger partial charge is 0.322 e. The van der Waals surface area contributed by atoms with Crippen LogP contribution < -0.4 is 10.6 Å². The highest BCUT2D eigenvalue weighted by molar-refractivity contribution is 5.85. The van der Waals surface area contributed by atoms with Crippen LogP contribution in [0.3, 0.4) is 0 Å². The Bertz CT molecular complexity index is 526. The Balaban J connectivity index is 3.75. The zero-order valence-electron chi connectivity index (χ0n) is 11.0. The van der Waals surface area contributed by atoms with Gasteiger partial charge in [0.15, 0.2) is 5.69 Å². The van der Waals surface area contributed by atoms with E-state index in [4.69, 9.17) is 5.73 Å². The molecule has 19 heavy (non-hydrogen) atoms. The SMILES string of the molecule is CCN(CC)c1c([N+](=O)[O-])cc(C)c(N)c1[N+](=O)[O-]. The Kier molecular flexibility index (Phi) is 4.26. The third-order valence-electron chi connectivity index (χ3n) is 2.96. The van der Waals surface area contributed by atoms with Crippen LogP contribution in [0.25, 0.3) is 0 Å². The largest absolute Gasteiger partial charge is 0.393 e. The fourth-order valence-electron chi connectivity index (χ4n) is 1.96. The minimum Gasteiger partial charge on any atom is -0.393 e. The molecule has 0 aromatic heterocycles. The van der Waals surface area contributed by atoms with Crippen molar-refractivity contribution in [3.8, 4) is 0 Å². The second kappa shape index (κ2) is 5.51. The summed E-state index contributed by atoms with van der Waals surface area (Å²) in [7, 11) is 0. The number of nitrogens with two attached hydrogens (primary N) is 1. The average Bonchev–Trinajstić information content (AvgIpc) is 2.33. The van der Waals surface area contributed by atoms with Gasteiger partial charge in [0.1, 0.15) is 5.69 Å². The second-order valence-electron chi connectivity index (χ2n) is 4.01. The Morgan fingerprint density at radius 3 is 2.11 bits per heavy atom. The average molecular weight is 268 g/mol. The molecule has 0 amide bonds. The molecule has 1 rings (SSSR count). The van der Waals surface area contributed by atoms with Crippen molar-refractivity contribution in [2.45, 2.75) is 20.8 Å². The van der Waals surface area contributed by atoms with Gasteiger partial charge in [0.2, 0.25) is 0 Å². The van der Waals surface area contributed by atoms with Crippen LogP contribution in [0.2, 0.25) is 0 Å². The van der Waals surface area contributed by atoms with Gasteiger partial charge in [-0.15, -0.1) is 0 Å². The van der Waals surface area contributed by atoms with E-state index < -0.39 is 15.5 Å². The number of benzene rings is 1. The van der Waals surface area contributed by atoms with Gasteiger partial charge in [-0.05, 0) is 26.3 Å². The maximum absolute atomic E-state index is 11.2. The topological polar surface area (TPSA) is 116 Å². The molecule has 1 aromatic rings. The van der Waals surface area contributed by atoms with E-state index in [0.29, 0.717) is 18.7 Å². The summed E-state index contributed by atoms with van der Waals surface area (Å²) in [6.45, 7) is 5.89. The van der Waals surface area contributed by atoms with Crippen LogP contribution in [0.5, 0.6) is 0 Å². The van der Waals surface area contributed by atoms with Gasteiger partial charge >= 0.3 is 5.69 Å². The van der Waals surface area contributed by atoms with Crippen molar-refractivity contribution in [1.29, 1.82) is 0 Å². The van der Waals surface area contributed by atoms with Gasteiger partial charge in [-0.3, -0.25) is 20.2 Å². The highest BCUT2D eigenvalue weighted by atomic mass is 16.6. The summed E-state index contributed by atoms with van der Waals surface area (Å²) >= 11 is 0. The molecule has 8 nitrogen and oxygen atoms in total. The van der Waals surface area contributed by atoms with Gasteiger partial charge in [0.25, 0.3) is 5.69 Å². The van der Waals surface area contributed by atoms with Crippen LogP contribution in [0.1, 0.15) is 19.4 Å². The number of anilines is 2. The Morgan fingerprint density at radius 1 is 1.21 bits per heavy atom. The van der Waals surface area contributed by atoms with E-state index in [1.807, 2.05) is 0 Å². The number of nitro benzene ring substituents is 2. The van der Waals surface area contributed by atoms with Crippen molar-refractivity contribution in [2.24, 2.45) is 0 Å². The zero-order chi connectivity index (χ0) is 14.7. The van der Waals surface area contributed by atoms with Crippen molar-refractivity contribution in [3.63, 3.8) is 0 Å². The molecule has 0 aliphatic carbocycles. The number of hydrogen-bond acceptors (Lipinski definition) is 6. The number of hydrogen-bond donors (Lipinski definition) is 1. The lowest BCUT2D eigenvalue weighted by Gasteiger charge is -2.21. The molecular weight excluding hydrogens is 252 g/mol. The quantitative estimate of drug-likeness (QED) is 0.497. The van der Waals surface area contributed by atoms with E-state index in [1.54, 1.807) is 18.7 Å². The molecule has 0 aliphatic rings. The highest BCUT2D eigenvalue weighted by Crippen LogP contribution is 2.43. The van der Waals surface area contributed by atoms with Crippen LogP contribution in [0.15, 0.2) is 6.07 Å². The molecule has 2 N–H and O–H groups in total. The first-order valence-electron chi connectivity index (χ1n) is 5.81. The minimum absolute atomic E-state index is 0.0249. The summed E-state index contributed by atoms with van der Waals surface area (Å²) in [5, 5.41) is 22.3. The standard InChI is InChI=1S/C11H16N4O4/c1-4-13(5-2)10-8(14(16)17)6-7(3)9(12)11(10)15(18)19/h6H,4-5,12H2,1-3H3. The first-order valence-corrected chi connectivity index (χ1v) is 5.81. The van der Waals surface area contributed by atoms with E-state index in [9.17, 15) is 20.2 Å². The summed E-state index contributed by atoms with van der Waals surface area (Å²) in [6.07, 6.45) is 0. The van der Waals surface area contributed by atoms with E-state index in [1.165, 1.54) is 13.0 Å². The maximum atomic E-state index is 11.2. The Labute approximate surface area is 110 Å². The molecule has 0 bridgehead atoms. The normalized spacial score (nSPS) is 10.3. The molecular formula is C11H16N4O4. The monoisotopic (exact) mass is 268 g/mol. The van der Waals surface area contributed by atoms with Gasteiger partial charge in [-0.2, -0.15) is 0 Å². The molecule has 0 fully saturated rings. The second-order valence-corrected chi connectivity index (χ2v) is 4.01. The number of rotatable bonds is 5. The Morgan fingerprint density at radius 2 is 1.74 bits per heavy atom. The molecule has 1 aromatic carbocycles. The lowest BCUT2D eigenvalue weighted by Crippen LogP contribution is -2.24. The Hall–Kier alpha value is -2.38. The van der Waals surface area contributed by atoms with E-state index in [2.05, 4.69) is 0 Å². The van der Waals surface area contributed by atoms with Crippen molar-refractivity contribution >= 4 is 22.7 Å². The van der Waals surface area contributed by atoms with Gasteiger partial charge in [-0.1, -0.05) is 0 Å². The molecule has 8 heteroatoms. The van der Waals surface area contributed by atoms with Gasteiger partial charge in [0.05, 0.1) is 9.85 Å². The first kappa shape index (κ1) is 14.7. The van der Waals surface area contributed by atoms with E-state index >= 15 is 0 Å². The van der Waals surface area contributed by atoms with Crippen molar-refractivity contribution in [2.75, 3.05) is 23.7 Å². The number of nitrogen functional groups attached to an aromatic ring is 1. The fraction of sp³-hybridized carbons (Fsp3) is 0.455. The van der Waals surface area contributed by atoms with Crippen molar-refractivity contribution in [1.82, 2.24) is 0 Å². The van der Waals surface area contributed by atoms with E-state index in [0.717, 1.165) is 0 Å². The lowest BCUT2D eigenvalue weighted by atomic mass is 10.1. The summed E-state index contributed by atoms with van der Waals surface area (Å²) in [5.41, 5.74) is 5.30. The van der Waals surface area contributed by atoms with Gasteiger partial charge in [0, 0.05) is 19.2 Å². The molecule has 0 atom stereocenters. The summed E-state index contributed by atoms with van der Waals surface area (Å²) in [5.74, 6) is 0. The minimum atomic E-state index is -0.664. The van der Waals surface area contributed by atoms with Crippen molar-refractivity contribution in [3.05, 3.63) is 31.9 Å². The summed E-state index contributed by atoms with van der Waals surface area (Å²) in [6, 6.07) is 1.27. The third kappa shape index (κ3) is 2.56. The zero-order valence-corrected chi connectivity index (χ0v) is 11.0.